The van der Waals surface area contributed by atoms with Gasteiger partial charge in [-0.15, -0.1) is 0 Å². The van der Waals surface area contributed by atoms with Crippen molar-refractivity contribution >= 4 is 5.82 Å². The van der Waals surface area contributed by atoms with Gasteiger partial charge in [-0.05, 0) is 31.2 Å². The van der Waals surface area contributed by atoms with Gasteiger partial charge in [-0.3, -0.25) is 0 Å². The molecule has 0 atom stereocenters. The lowest BCUT2D eigenvalue weighted by Crippen LogP contribution is -2.06. The third kappa shape index (κ3) is 2.25. The fraction of sp³-hybridized carbons (Fsp3) is 0.167. The fourth-order valence-electron chi connectivity index (χ4n) is 1.67. The number of rotatable bonds is 1. The monoisotopic (exact) mass is 266 g/mol. The minimum atomic E-state index is -4.39. The molecule has 0 saturated heterocycles. The molecule has 2 aromatic rings. The first-order valence-corrected chi connectivity index (χ1v) is 5.27. The molecule has 0 aliphatic heterocycles. The average Bonchev–Trinajstić information content (AvgIpc) is 2.63. The minimum Gasteiger partial charge on any atom is -0.382 e. The van der Waals surface area contributed by atoms with Gasteiger partial charge in [0.25, 0.3) is 0 Å². The summed E-state index contributed by atoms with van der Waals surface area (Å²) in [6.45, 7) is 1.61. The second kappa shape index (κ2) is 4.31. The predicted octanol–water partition coefficient (Wildman–Crippen LogP) is 2.65. The van der Waals surface area contributed by atoms with E-state index in [2.05, 4.69) is 5.10 Å². The Morgan fingerprint density at radius 2 is 1.84 bits per heavy atom. The van der Waals surface area contributed by atoms with E-state index in [4.69, 9.17) is 11.0 Å². The zero-order valence-electron chi connectivity index (χ0n) is 9.86. The molecule has 0 unspecified atom stereocenters. The standard InChI is InChI=1S/C12H9F3N4/c1-7-10(6-16)11(17)19(18-7)9-4-2-8(3-5-9)12(13,14)15/h2-5H,17H2,1H3. The molecule has 0 spiro atoms. The Kier molecular flexibility index (Phi) is 2.94. The van der Waals surface area contributed by atoms with Gasteiger partial charge in [-0.2, -0.15) is 23.5 Å². The van der Waals surface area contributed by atoms with Gasteiger partial charge in [0.1, 0.15) is 17.5 Å². The van der Waals surface area contributed by atoms with Crippen molar-refractivity contribution in [3.05, 3.63) is 41.1 Å². The normalized spacial score (nSPS) is 11.3. The minimum absolute atomic E-state index is 0.111. The van der Waals surface area contributed by atoms with Gasteiger partial charge in [0, 0.05) is 0 Å². The summed E-state index contributed by atoms with van der Waals surface area (Å²) in [6.07, 6.45) is -4.39. The molecular weight excluding hydrogens is 257 g/mol. The Balaban J connectivity index is 2.47. The van der Waals surface area contributed by atoms with Gasteiger partial charge in [-0.25, -0.2) is 4.68 Å². The molecule has 0 aliphatic rings. The molecule has 0 bridgehead atoms. The predicted molar refractivity (Wildman–Crippen MR) is 62.4 cm³/mol. The van der Waals surface area contributed by atoms with Crippen LogP contribution < -0.4 is 5.73 Å². The van der Waals surface area contributed by atoms with Crippen LogP contribution >= 0.6 is 0 Å². The zero-order chi connectivity index (χ0) is 14.2. The molecule has 0 fully saturated rings. The molecule has 2 N–H and O–H groups in total. The molecule has 1 aromatic heterocycles. The van der Waals surface area contributed by atoms with Crippen molar-refractivity contribution in [2.75, 3.05) is 5.73 Å². The Morgan fingerprint density at radius 1 is 1.26 bits per heavy atom. The number of aryl methyl sites for hydroxylation is 1. The number of alkyl halides is 3. The smallest absolute Gasteiger partial charge is 0.382 e. The SMILES string of the molecule is Cc1nn(-c2ccc(C(F)(F)F)cc2)c(N)c1C#N. The van der Waals surface area contributed by atoms with Crippen LogP contribution in [0.3, 0.4) is 0 Å². The van der Waals surface area contributed by atoms with Crippen LogP contribution in [0.25, 0.3) is 5.69 Å². The van der Waals surface area contributed by atoms with Crippen LogP contribution in [0.1, 0.15) is 16.8 Å². The van der Waals surface area contributed by atoms with E-state index in [1.54, 1.807) is 6.92 Å². The molecule has 1 aromatic carbocycles. The van der Waals surface area contributed by atoms with Crippen molar-refractivity contribution in [3.63, 3.8) is 0 Å². The first-order valence-electron chi connectivity index (χ1n) is 5.27. The van der Waals surface area contributed by atoms with Crippen molar-refractivity contribution in [2.45, 2.75) is 13.1 Å². The van der Waals surface area contributed by atoms with Crippen LogP contribution in [0.5, 0.6) is 0 Å². The van der Waals surface area contributed by atoms with E-state index >= 15 is 0 Å². The molecule has 2 rings (SSSR count). The Morgan fingerprint density at radius 3 is 2.26 bits per heavy atom. The number of halogens is 3. The van der Waals surface area contributed by atoms with E-state index in [1.165, 1.54) is 16.8 Å². The number of benzene rings is 1. The average molecular weight is 266 g/mol. The lowest BCUT2D eigenvalue weighted by molar-refractivity contribution is -0.137. The van der Waals surface area contributed by atoms with Crippen molar-refractivity contribution in [1.82, 2.24) is 9.78 Å². The number of hydrogen-bond acceptors (Lipinski definition) is 3. The number of nitrogens with zero attached hydrogens (tertiary/aromatic N) is 3. The van der Waals surface area contributed by atoms with Crippen molar-refractivity contribution < 1.29 is 13.2 Å². The van der Waals surface area contributed by atoms with Crippen molar-refractivity contribution in [1.29, 1.82) is 5.26 Å². The Bertz CT molecular complexity index is 647. The number of aromatic nitrogens is 2. The van der Waals surface area contributed by atoms with Crippen LogP contribution in [0.4, 0.5) is 19.0 Å². The molecule has 4 nitrogen and oxygen atoms in total. The van der Waals surface area contributed by atoms with Gasteiger partial charge in [-0.1, -0.05) is 0 Å². The first kappa shape index (κ1) is 13.0. The molecule has 0 aliphatic carbocycles. The maximum atomic E-state index is 12.4. The van der Waals surface area contributed by atoms with E-state index in [1.807, 2.05) is 6.07 Å². The van der Waals surface area contributed by atoms with Gasteiger partial charge >= 0.3 is 6.18 Å². The molecule has 1 heterocycles. The molecule has 98 valence electrons. The topological polar surface area (TPSA) is 67.6 Å². The van der Waals surface area contributed by atoms with Crippen LogP contribution in [0.15, 0.2) is 24.3 Å². The highest BCUT2D eigenvalue weighted by Gasteiger charge is 2.30. The van der Waals surface area contributed by atoms with Crippen LogP contribution in [-0.2, 0) is 6.18 Å². The van der Waals surface area contributed by atoms with Crippen LogP contribution in [0, 0.1) is 18.3 Å². The molecule has 0 saturated carbocycles. The van der Waals surface area contributed by atoms with Gasteiger partial charge in [0.05, 0.1) is 16.9 Å². The third-order valence-corrected chi connectivity index (χ3v) is 2.65. The second-order valence-corrected chi connectivity index (χ2v) is 3.91. The van der Waals surface area contributed by atoms with Crippen LogP contribution in [-0.4, -0.2) is 9.78 Å². The van der Waals surface area contributed by atoms with E-state index in [0.717, 1.165) is 12.1 Å². The quantitative estimate of drug-likeness (QED) is 0.862. The summed E-state index contributed by atoms with van der Waals surface area (Å²) in [5, 5.41) is 12.9. The maximum Gasteiger partial charge on any atom is 0.416 e. The van der Waals surface area contributed by atoms with Crippen LogP contribution in [0.2, 0.25) is 0 Å². The highest BCUT2D eigenvalue weighted by Crippen LogP contribution is 2.30. The van der Waals surface area contributed by atoms with Crippen molar-refractivity contribution in [3.8, 4) is 11.8 Å². The number of nitrogen functional groups attached to an aromatic ring is 1. The largest absolute Gasteiger partial charge is 0.416 e. The van der Waals surface area contributed by atoms with Gasteiger partial charge in [0.2, 0.25) is 0 Å². The zero-order valence-corrected chi connectivity index (χ0v) is 9.86. The number of nitrogens with two attached hydrogens (primary N) is 1. The Labute approximate surface area is 106 Å². The summed E-state index contributed by atoms with van der Waals surface area (Å²) >= 11 is 0. The molecule has 19 heavy (non-hydrogen) atoms. The fourth-order valence-corrected chi connectivity index (χ4v) is 1.67. The Hall–Kier alpha value is -2.49. The molecule has 0 radical (unpaired) electrons. The maximum absolute atomic E-state index is 12.4. The number of hydrogen-bond donors (Lipinski definition) is 1. The first-order chi connectivity index (χ1) is 8.84. The number of nitriles is 1. The van der Waals surface area contributed by atoms with E-state index < -0.39 is 11.7 Å². The second-order valence-electron chi connectivity index (χ2n) is 3.91. The van der Waals surface area contributed by atoms with E-state index in [0.29, 0.717) is 11.4 Å². The summed E-state index contributed by atoms with van der Waals surface area (Å²) in [5.41, 5.74) is 6.00. The van der Waals surface area contributed by atoms with E-state index in [9.17, 15) is 13.2 Å². The third-order valence-electron chi connectivity index (χ3n) is 2.65. The summed E-state index contributed by atoms with van der Waals surface area (Å²) < 4.78 is 38.5. The molecule has 0 amide bonds. The summed E-state index contributed by atoms with van der Waals surface area (Å²) in [6, 6.07) is 6.30. The lowest BCUT2D eigenvalue weighted by Gasteiger charge is -2.08. The van der Waals surface area contributed by atoms with Crippen molar-refractivity contribution in [2.24, 2.45) is 0 Å². The molecule has 7 heteroatoms. The number of anilines is 1. The summed E-state index contributed by atoms with van der Waals surface area (Å²) in [5.74, 6) is 0.111. The van der Waals surface area contributed by atoms with Gasteiger partial charge < -0.3 is 5.73 Å². The highest BCUT2D eigenvalue weighted by molar-refractivity contribution is 5.56. The highest BCUT2D eigenvalue weighted by atomic mass is 19.4. The lowest BCUT2D eigenvalue weighted by atomic mass is 10.2. The summed E-state index contributed by atoms with van der Waals surface area (Å²) in [7, 11) is 0. The van der Waals surface area contributed by atoms with Gasteiger partial charge in [0.15, 0.2) is 0 Å². The van der Waals surface area contributed by atoms with E-state index in [-0.39, 0.29) is 11.4 Å². The molecular formula is C12H9F3N4. The summed E-state index contributed by atoms with van der Waals surface area (Å²) in [4.78, 5) is 0.